The third kappa shape index (κ3) is 3.47. The van der Waals surface area contributed by atoms with Crippen LogP contribution in [0.5, 0.6) is 0 Å². The molecular formula is C16H27N3. The van der Waals surface area contributed by atoms with Gasteiger partial charge in [0, 0.05) is 36.3 Å². The van der Waals surface area contributed by atoms with Crippen LogP contribution < -0.4 is 10.6 Å². The Morgan fingerprint density at radius 2 is 1.74 bits per heavy atom. The zero-order chi connectivity index (χ0) is 13.9. The molecule has 0 bridgehead atoms. The second-order valence-corrected chi connectivity index (χ2v) is 6.53. The minimum atomic E-state index is 0.0910. The molecule has 0 radical (unpaired) electrons. The number of nitrogens with zero attached hydrogens (tertiary/aromatic N) is 2. The van der Waals surface area contributed by atoms with Gasteiger partial charge in [0.05, 0.1) is 0 Å². The molecule has 0 amide bonds. The first-order valence-electron chi connectivity index (χ1n) is 7.48. The third-order valence-electron chi connectivity index (χ3n) is 3.85. The van der Waals surface area contributed by atoms with Crippen LogP contribution in [0, 0.1) is 0 Å². The average molecular weight is 261 g/mol. The van der Waals surface area contributed by atoms with E-state index in [0.29, 0.717) is 6.54 Å². The maximum atomic E-state index is 5.89. The van der Waals surface area contributed by atoms with Crippen LogP contribution in [0.15, 0.2) is 12.1 Å². The summed E-state index contributed by atoms with van der Waals surface area (Å²) < 4.78 is 0. The summed E-state index contributed by atoms with van der Waals surface area (Å²) in [6, 6.07) is 4.29. The van der Waals surface area contributed by atoms with Gasteiger partial charge in [-0.2, -0.15) is 0 Å². The van der Waals surface area contributed by atoms with Crippen LogP contribution in [0.25, 0.3) is 0 Å². The fourth-order valence-electron chi connectivity index (χ4n) is 2.61. The van der Waals surface area contributed by atoms with E-state index in [2.05, 4.69) is 37.8 Å². The van der Waals surface area contributed by atoms with E-state index in [0.717, 1.165) is 24.6 Å². The molecular weight excluding hydrogens is 234 g/mol. The lowest BCUT2D eigenvalue weighted by Crippen LogP contribution is -2.28. The van der Waals surface area contributed by atoms with Gasteiger partial charge in [0.1, 0.15) is 5.82 Å². The molecule has 1 aromatic rings. The molecule has 3 nitrogen and oxygen atoms in total. The zero-order valence-electron chi connectivity index (χ0n) is 12.6. The molecule has 0 saturated carbocycles. The van der Waals surface area contributed by atoms with Crippen molar-refractivity contribution in [2.24, 2.45) is 5.73 Å². The van der Waals surface area contributed by atoms with E-state index in [1.807, 2.05) is 0 Å². The average Bonchev–Trinajstić information content (AvgIpc) is 2.65. The lowest BCUT2D eigenvalue weighted by molar-refractivity contribution is 0.566. The van der Waals surface area contributed by atoms with Crippen molar-refractivity contribution in [2.45, 2.75) is 58.4 Å². The smallest absolute Gasteiger partial charge is 0.133 e. The summed E-state index contributed by atoms with van der Waals surface area (Å²) in [5.41, 5.74) is 8.31. The van der Waals surface area contributed by atoms with E-state index in [1.54, 1.807) is 0 Å². The Balaban J connectivity index is 2.34. The SMILES string of the molecule is CC(C)(C)c1ccc(CN)c(N2CCCCCC2)n1. The van der Waals surface area contributed by atoms with Crippen molar-refractivity contribution < 1.29 is 0 Å². The Kier molecular flexibility index (Phi) is 4.46. The summed E-state index contributed by atoms with van der Waals surface area (Å²) in [6.45, 7) is 9.45. The summed E-state index contributed by atoms with van der Waals surface area (Å²) in [5, 5.41) is 0. The third-order valence-corrected chi connectivity index (χ3v) is 3.85. The molecule has 2 rings (SSSR count). The van der Waals surface area contributed by atoms with E-state index in [-0.39, 0.29) is 5.41 Å². The van der Waals surface area contributed by atoms with E-state index in [9.17, 15) is 0 Å². The summed E-state index contributed by atoms with van der Waals surface area (Å²) in [5.74, 6) is 1.12. The van der Waals surface area contributed by atoms with Gasteiger partial charge >= 0.3 is 0 Å². The Labute approximate surface area is 117 Å². The van der Waals surface area contributed by atoms with Crippen LogP contribution in [-0.2, 0) is 12.0 Å². The molecule has 1 fully saturated rings. The molecule has 2 heterocycles. The Hall–Kier alpha value is -1.09. The van der Waals surface area contributed by atoms with Gasteiger partial charge in [0.2, 0.25) is 0 Å². The van der Waals surface area contributed by atoms with Gasteiger partial charge in [-0.3, -0.25) is 0 Å². The number of hydrogen-bond acceptors (Lipinski definition) is 3. The lowest BCUT2D eigenvalue weighted by atomic mass is 9.91. The second-order valence-electron chi connectivity index (χ2n) is 6.53. The van der Waals surface area contributed by atoms with Gasteiger partial charge in [0.15, 0.2) is 0 Å². The molecule has 0 unspecified atom stereocenters. The topological polar surface area (TPSA) is 42.1 Å². The minimum Gasteiger partial charge on any atom is -0.356 e. The monoisotopic (exact) mass is 261 g/mol. The van der Waals surface area contributed by atoms with E-state index < -0.39 is 0 Å². The Bertz CT molecular complexity index is 412. The van der Waals surface area contributed by atoms with Crippen molar-refractivity contribution in [1.82, 2.24) is 4.98 Å². The van der Waals surface area contributed by atoms with Crippen molar-refractivity contribution in [3.05, 3.63) is 23.4 Å². The predicted octanol–water partition coefficient (Wildman–Crippen LogP) is 3.22. The summed E-state index contributed by atoms with van der Waals surface area (Å²) in [7, 11) is 0. The van der Waals surface area contributed by atoms with E-state index in [4.69, 9.17) is 10.7 Å². The number of anilines is 1. The predicted molar refractivity (Wildman–Crippen MR) is 81.5 cm³/mol. The molecule has 1 saturated heterocycles. The molecule has 0 atom stereocenters. The number of nitrogens with two attached hydrogens (primary N) is 1. The van der Waals surface area contributed by atoms with Gasteiger partial charge in [-0.05, 0) is 18.9 Å². The van der Waals surface area contributed by atoms with Crippen LogP contribution in [-0.4, -0.2) is 18.1 Å². The number of pyridine rings is 1. The number of aromatic nitrogens is 1. The molecule has 0 aliphatic carbocycles. The largest absolute Gasteiger partial charge is 0.356 e. The highest BCUT2D eigenvalue weighted by atomic mass is 15.2. The minimum absolute atomic E-state index is 0.0910. The Morgan fingerprint density at radius 3 is 2.26 bits per heavy atom. The molecule has 3 heteroatoms. The fraction of sp³-hybridized carbons (Fsp3) is 0.688. The molecule has 106 valence electrons. The first-order valence-corrected chi connectivity index (χ1v) is 7.48. The van der Waals surface area contributed by atoms with Gasteiger partial charge in [0.25, 0.3) is 0 Å². The first kappa shape index (κ1) is 14.3. The molecule has 2 N–H and O–H groups in total. The van der Waals surface area contributed by atoms with Crippen LogP contribution in [0.2, 0.25) is 0 Å². The number of hydrogen-bond donors (Lipinski definition) is 1. The summed E-state index contributed by atoms with van der Waals surface area (Å²) >= 11 is 0. The van der Waals surface area contributed by atoms with Crippen molar-refractivity contribution in [1.29, 1.82) is 0 Å². The van der Waals surface area contributed by atoms with Gasteiger partial charge in [-0.1, -0.05) is 39.7 Å². The number of rotatable bonds is 2. The van der Waals surface area contributed by atoms with Gasteiger partial charge in [-0.25, -0.2) is 4.98 Å². The van der Waals surface area contributed by atoms with Crippen molar-refractivity contribution in [3.8, 4) is 0 Å². The zero-order valence-corrected chi connectivity index (χ0v) is 12.6. The van der Waals surface area contributed by atoms with Crippen LogP contribution in [0.1, 0.15) is 57.7 Å². The van der Waals surface area contributed by atoms with E-state index >= 15 is 0 Å². The highest BCUT2D eigenvalue weighted by Crippen LogP contribution is 2.27. The molecule has 0 spiro atoms. The Morgan fingerprint density at radius 1 is 1.11 bits per heavy atom. The molecule has 1 aromatic heterocycles. The highest BCUT2D eigenvalue weighted by molar-refractivity contribution is 5.48. The fourth-order valence-corrected chi connectivity index (χ4v) is 2.61. The lowest BCUT2D eigenvalue weighted by Gasteiger charge is -2.27. The molecule has 1 aliphatic heterocycles. The highest BCUT2D eigenvalue weighted by Gasteiger charge is 2.20. The maximum absolute atomic E-state index is 5.89. The summed E-state index contributed by atoms with van der Waals surface area (Å²) in [6.07, 6.45) is 5.22. The van der Waals surface area contributed by atoms with E-state index in [1.165, 1.54) is 31.2 Å². The summed E-state index contributed by atoms with van der Waals surface area (Å²) in [4.78, 5) is 7.36. The van der Waals surface area contributed by atoms with Crippen molar-refractivity contribution >= 4 is 5.82 Å². The maximum Gasteiger partial charge on any atom is 0.133 e. The first-order chi connectivity index (χ1) is 9.02. The molecule has 1 aliphatic rings. The van der Waals surface area contributed by atoms with Crippen molar-refractivity contribution in [3.63, 3.8) is 0 Å². The van der Waals surface area contributed by atoms with Crippen LogP contribution >= 0.6 is 0 Å². The quantitative estimate of drug-likeness (QED) is 0.889. The van der Waals surface area contributed by atoms with Crippen molar-refractivity contribution in [2.75, 3.05) is 18.0 Å². The van der Waals surface area contributed by atoms with Crippen LogP contribution in [0.3, 0.4) is 0 Å². The normalized spacial score (nSPS) is 17.4. The molecule has 0 aromatic carbocycles. The molecule has 19 heavy (non-hydrogen) atoms. The van der Waals surface area contributed by atoms with Gasteiger partial charge < -0.3 is 10.6 Å². The second kappa shape index (κ2) is 5.91. The van der Waals surface area contributed by atoms with Gasteiger partial charge in [-0.15, -0.1) is 0 Å². The standard InChI is InChI=1S/C16H27N3/c1-16(2,3)14-9-8-13(12-17)15(18-14)19-10-6-4-5-7-11-19/h8-9H,4-7,10-12,17H2,1-3H3. The van der Waals surface area contributed by atoms with Crippen LogP contribution in [0.4, 0.5) is 5.82 Å².